The molecule has 0 aliphatic carbocycles. The number of furan rings is 1. The Bertz CT molecular complexity index is 567. The van der Waals surface area contributed by atoms with Crippen LogP contribution in [0.2, 0.25) is 0 Å². The van der Waals surface area contributed by atoms with Gasteiger partial charge in [-0.05, 0) is 24.3 Å². The van der Waals surface area contributed by atoms with Gasteiger partial charge in [-0.25, -0.2) is 0 Å². The van der Waals surface area contributed by atoms with E-state index in [1.807, 2.05) is 0 Å². The lowest BCUT2D eigenvalue weighted by atomic mass is 10.2. The average molecular weight is 226 g/mol. The van der Waals surface area contributed by atoms with Crippen LogP contribution in [0.1, 0.15) is 16.1 Å². The quantitative estimate of drug-likeness (QED) is 0.790. The van der Waals surface area contributed by atoms with E-state index in [0.717, 1.165) is 0 Å². The molecule has 0 spiro atoms. The maximum atomic E-state index is 12.0. The lowest BCUT2D eigenvalue weighted by Gasteiger charge is -2.16. The van der Waals surface area contributed by atoms with Gasteiger partial charge in [-0.2, -0.15) is 5.26 Å². The molecule has 0 aliphatic rings. The van der Waals surface area contributed by atoms with Gasteiger partial charge in [-0.1, -0.05) is 12.1 Å². The highest BCUT2D eigenvalue weighted by atomic mass is 16.3. The molecule has 0 saturated carbocycles. The van der Waals surface area contributed by atoms with Crippen LogP contribution in [0.15, 0.2) is 47.1 Å². The van der Waals surface area contributed by atoms with Crippen LogP contribution >= 0.6 is 0 Å². The zero-order valence-corrected chi connectivity index (χ0v) is 9.25. The first kappa shape index (κ1) is 11.0. The van der Waals surface area contributed by atoms with Crippen molar-refractivity contribution in [2.24, 2.45) is 0 Å². The lowest BCUT2D eigenvalue weighted by molar-refractivity contribution is 0.0966. The predicted octanol–water partition coefficient (Wildman–Crippen LogP) is 2.43. The van der Waals surface area contributed by atoms with E-state index in [2.05, 4.69) is 6.07 Å². The molecule has 17 heavy (non-hydrogen) atoms. The van der Waals surface area contributed by atoms with E-state index < -0.39 is 0 Å². The molecule has 0 bridgehead atoms. The normalized spacial score (nSPS) is 9.65. The Labute approximate surface area is 98.7 Å². The molecule has 2 rings (SSSR count). The summed E-state index contributed by atoms with van der Waals surface area (Å²) >= 11 is 0. The van der Waals surface area contributed by atoms with Crippen LogP contribution in [0, 0.1) is 11.3 Å². The number of hydrogen-bond acceptors (Lipinski definition) is 3. The number of anilines is 1. The van der Waals surface area contributed by atoms with Crippen molar-refractivity contribution in [2.75, 3.05) is 11.9 Å². The Balaban J connectivity index is 2.35. The second kappa shape index (κ2) is 4.54. The summed E-state index contributed by atoms with van der Waals surface area (Å²) in [5, 5.41) is 8.97. The fraction of sp³-hybridized carbons (Fsp3) is 0.0769. The van der Waals surface area contributed by atoms with Gasteiger partial charge in [-0.15, -0.1) is 0 Å². The summed E-state index contributed by atoms with van der Waals surface area (Å²) in [6.45, 7) is 0. The maximum absolute atomic E-state index is 12.0. The van der Waals surface area contributed by atoms with Crippen molar-refractivity contribution in [3.63, 3.8) is 0 Å². The number of amides is 1. The van der Waals surface area contributed by atoms with Gasteiger partial charge < -0.3 is 9.32 Å². The standard InChI is InChI=1S/C13H10N2O2/c1-15(13(16)12-7-4-8-17-12)11-6-3-2-5-10(11)9-14/h2-8H,1H3. The molecule has 0 unspecified atom stereocenters. The number of nitrogens with zero attached hydrogens (tertiary/aromatic N) is 2. The number of benzene rings is 1. The molecular formula is C13H10N2O2. The van der Waals surface area contributed by atoms with Gasteiger partial charge >= 0.3 is 0 Å². The Kier molecular flexibility index (Phi) is 2.93. The van der Waals surface area contributed by atoms with Crippen molar-refractivity contribution in [1.29, 1.82) is 5.26 Å². The highest BCUT2D eigenvalue weighted by Crippen LogP contribution is 2.20. The lowest BCUT2D eigenvalue weighted by Crippen LogP contribution is -2.26. The fourth-order valence-corrected chi connectivity index (χ4v) is 1.54. The summed E-state index contributed by atoms with van der Waals surface area (Å²) < 4.78 is 5.04. The fourth-order valence-electron chi connectivity index (χ4n) is 1.54. The Morgan fingerprint density at radius 3 is 2.71 bits per heavy atom. The molecule has 4 heteroatoms. The number of hydrogen-bond donors (Lipinski definition) is 0. The molecule has 0 fully saturated rings. The molecule has 84 valence electrons. The summed E-state index contributed by atoms with van der Waals surface area (Å²) in [6, 6.07) is 12.2. The smallest absolute Gasteiger partial charge is 0.293 e. The zero-order valence-electron chi connectivity index (χ0n) is 9.25. The predicted molar refractivity (Wildman–Crippen MR) is 62.6 cm³/mol. The molecule has 1 aromatic heterocycles. The first-order chi connectivity index (χ1) is 8.24. The molecule has 0 aliphatic heterocycles. The third kappa shape index (κ3) is 2.04. The SMILES string of the molecule is CN(C(=O)c1ccco1)c1ccccc1C#N. The van der Waals surface area contributed by atoms with Crippen molar-refractivity contribution in [3.05, 3.63) is 54.0 Å². The summed E-state index contributed by atoms with van der Waals surface area (Å²) in [7, 11) is 1.61. The third-order valence-corrected chi connectivity index (χ3v) is 2.42. The van der Waals surface area contributed by atoms with Gasteiger partial charge in [-0.3, -0.25) is 4.79 Å². The van der Waals surface area contributed by atoms with E-state index >= 15 is 0 Å². The van der Waals surface area contributed by atoms with Gasteiger partial charge in [0.15, 0.2) is 5.76 Å². The molecule has 0 N–H and O–H groups in total. The van der Waals surface area contributed by atoms with Gasteiger partial charge in [0.25, 0.3) is 5.91 Å². The molecule has 4 nitrogen and oxygen atoms in total. The van der Waals surface area contributed by atoms with Crippen molar-refractivity contribution in [1.82, 2.24) is 0 Å². The summed E-state index contributed by atoms with van der Waals surface area (Å²) in [5.41, 5.74) is 1.02. The van der Waals surface area contributed by atoms with Crippen LogP contribution in [0.5, 0.6) is 0 Å². The van der Waals surface area contributed by atoms with E-state index in [1.165, 1.54) is 11.2 Å². The van der Waals surface area contributed by atoms with Crippen molar-refractivity contribution in [2.45, 2.75) is 0 Å². The molecule has 0 atom stereocenters. The Morgan fingerprint density at radius 1 is 1.29 bits per heavy atom. The van der Waals surface area contributed by atoms with Gasteiger partial charge in [0.2, 0.25) is 0 Å². The average Bonchev–Trinajstić information content (AvgIpc) is 2.90. The number of carbonyl (C=O) groups excluding carboxylic acids is 1. The monoisotopic (exact) mass is 226 g/mol. The van der Waals surface area contributed by atoms with Crippen LogP contribution < -0.4 is 4.90 Å². The van der Waals surface area contributed by atoms with Crippen LogP contribution in [0.4, 0.5) is 5.69 Å². The van der Waals surface area contributed by atoms with Crippen molar-refractivity contribution in [3.8, 4) is 6.07 Å². The third-order valence-electron chi connectivity index (χ3n) is 2.42. The van der Waals surface area contributed by atoms with Gasteiger partial charge in [0, 0.05) is 7.05 Å². The molecular weight excluding hydrogens is 216 g/mol. The van der Waals surface area contributed by atoms with Crippen molar-refractivity contribution < 1.29 is 9.21 Å². The number of nitriles is 1. The van der Waals surface area contributed by atoms with Gasteiger partial charge in [0.05, 0.1) is 17.5 Å². The highest BCUT2D eigenvalue weighted by Gasteiger charge is 2.17. The van der Waals surface area contributed by atoms with Crippen molar-refractivity contribution >= 4 is 11.6 Å². The Hall–Kier alpha value is -2.54. The Morgan fingerprint density at radius 2 is 2.06 bits per heavy atom. The second-order valence-electron chi connectivity index (χ2n) is 3.47. The molecule has 0 radical (unpaired) electrons. The van der Waals surface area contributed by atoms with E-state index in [0.29, 0.717) is 11.3 Å². The van der Waals surface area contributed by atoms with Gasteiger partial charge in [0.1, 0.15) is 6.07 Å². The molecule has 2 aromatic rings. The first-order valence-corrected chi connectivity index (χ1v) is 5.04. The minimum atomic E-state index is -0.280. The number of para-hydroxylation sites is 1. The largest absolute Gasteiger partial charge is 0.459 e. The van der Waals surface area contributed by atoms with E-state index in [1.54, 1.807) is 43.4 Å². The van der Waals surface area contributed by atoms with Crippen LogP contribution in [-0.4, -0.2) is 13.0 Å². The number of carbonyl (C=O) groups is 1. The minimum absolute atomic E-state index is 0.250. The van der Waals surface area contributed by atoms with E-state index in [9.17, 15) is 4.79 Å². The minimum Gasteiger partial charge on any atom is -0.459 e. The molecule has 1 heterocycles. The molecule has 0 saturated heterocycles. The highest BCUT2D eigenvalue weighted by molar-refractivity contribution is 6.04. The number of rotatable bonds is 2. The van der Waals surface area contributed by atoms with E-state index in [-0.39, 0.29) is 11.7 Å². The van der Waals surface area contributed by atoms with Crippen LogP contribution in [0.25, 0.3) is 0 Å². The van der Waals surface area contributed by atoms with E-state index in [4.69, 9.17) is 9.68 Å². The zero-order chi connectivity index (χ0) is 12.3. The summed E-state index contributed by atoms with van der Waals surface area (Å²) in [5.74, 6) is -0.0297. The molecule has 1 aromatic carbocycles. The first-order valence-electron chi connectivity index (χ1n) is 5.04. The second-order valence-corrected chi connectivity index (χ2v) is 3.47. The van der Waals surface area contributed by atoms with Crippen LogP contribution in [0.3, 0.4) is 0 Å². The van der Waals surface area contributed by atoms with Crippen LogP contribution in [-0.2, 0) is 0 Å². The summed E-state index contributed by atoms with van der Waals surface area (Å²) in [4.78, 5) is 13.4. The topological polar surface area (TPSA) is 57.2 Å². The molecule has 1 amide bonds. The summed E-state index contributed by atoms with van der Waals surface area (Å²) in [6.07, 6.45) is 1.44. The maximum Gasteiger partial charge on any atom is 0.293 e.